The molecule has 0 spiro atoms. The second-order valence-electron chi connectivity index (χ2n) is 4.03. The predicted molar refractivity (Wildman–Crippen MR) is 65.1 cm³/mol. The largest absolute Gasteiger partial charge is 0.512 e. The van der Waals surface area contributed by atoms with Gasteiger partial charge in [0.1, 0.15) is 6.54 Å². The topological polar surface area (TPSA) is 27.7 Å². The molecule has 0 saturated carbocycles. The minimum Gasteiger partial charge on any atom is -0.512 e. The number of hydrogen-bond donors (Lipinski definition) is 0. The zero-order valence-electron chi connectivity index (χ0n) is 10.4. The summed E-state index contributed by atoms with van der Waals surface area (Å²) in [4.78, 5) is 0. The third kappa shape index (κ3) is 7.00. The molecule has 88 valence electrons. The van der Waals surface area contributed by atoms with E-state index in [0.717, 1.165) is 0 Å². The van der Waals surface area contributed by atoms with Crippen LogP contribution in [0, 0.1) is 18.8 Å². The lowest BCUT2D eigenvalue weighted by atomic mass is 10.1. The van der Waals surface area contributed by atoms with Crippen molar-refractivity contribution in [3.05, 3.63) is 36.7 Å². The average molecular weight is 218 g/mol. The molecule has 0 saturated heterocycles. The Hall–Kier alpha value is -1.36. The maximum Gasteiger partial charge on any atom is 0.169 e. The van der Waals surface area contributed by atoms with Crippen LogP contribution in [0.15, 0.2) is 24.5 Å². The molecule has 0 radical (unpaired) electrons. The first-order chi connectivity index (χ1) is 7.83. The van der Waals surface area contributed by atoms with E-state index in [9.17, 15) is 0 Å². The lowest BCUT2D eigenvalue weighted by Gasteiger charge is -1.98. The fourth-order valence-corrected chi connectivity index (χ4v) is 1.58. The highest BCUT2D eigenvalue weighted by Crippen LogP contribution is 2.02. The van der Waals surface area contributed by atoms with Crippen molar-refractivity contribution in [1.29, 1.82) is 5.26 Å². The number of aromatic nitrogens is 1. The fraction of sp³-hybridized carbons (Fsp3) is 0.571. The van der Waals surface area contributed by atoms with Gasteiger partial charge in [-0.3, -0.25) is 0 Å². The normalized spacial score (nSPS) is 9.25. The molecule has 0 fully saturated rings. The summed E-state index contributed by atoms with van der Waals surface area (Å²) in [5.41, 5.74) is 1.34. The lowest BCUT2D eigenvalue weighted by Crippen LogP contribution is -2.32. The molecule has 1 heterocycles. The highest BCUT2D eigenvalue weighted by Gasteiger charge is 1.98. The zero-order valence-corrected chi connectivity index (χ0v) is 10.4. The van der Waals surface area contributed by atoms with Crippen molar-refractivity contribution >= 4 is 0 Å². The van der Waals surface area contributed by atoms with E-state index in [1.54, 1.807) is 0 Å². The van der Waals surface area contributed by atoms with E-state index >= 15 is 0 Å². The predicted octanol–water partition coefficient (Wildman–Crippen LogP) is 3.35. The Labute approximate surface area is 99.5 Å². The van der Waals surface area contributed by atoms with Crippen LogP contribution >= 0.6 is 0 Å². The smallest absolute Gasteiger partial charge is 0.169 e. The van der Waals surface area contributed by atoms with Gasteiger partial charge in [-0.1, -0.05) is 26.2 Å². The molecule has 16 heavy (non-hydrogen) atoms. The average Bonchev–Trinajstić information content (AvgIpc) is 2.34. The second kappa shape index (κ2) is 10.2. The molecule has 0 N–H and O–H groups in total. The molecule has 0 unspecified atom stereocenters. The van der Waals surface area contributed by atoms with E-state index in [1.807, 2.05) is 0 Å². The van der Waals surface area contributed by atoms with E-state index in [-0.39, 0.29) is 0 Å². The summed E-state index contributed by atoms with van der Waals surface area (Å²) in [5, 5.41) is 6.25. The van der Waals surface area contributed by atoms with Crippen LogP contribution in [-0.2, 0) is 6.54 Å². The first kappa shape index (κ1) is 14.6. The maximum absolute atomic E-state index is 6.25. The van der Waals surface area contributed by atoms with Crippen LogP contribution in [0.25, 0.3) is 0 Å². The maximum atomic E-state index is 6.25. The van der Waals surface area contributed by atoms with E-state index in [1.165, 1.54) is 44.2 Å². The molecule has 0 amide bonds. The first-order valence-electron chi connectivity index (χ1n) is 6.01. The van der Waals surface area contributed by atoms with Crippen molar-refractivity contribution in [3.63, 3.8) is 0 Å². The van der Waals surface area contributed by atoms with Crippen LogP contribution in [0.5, 0.6) is 0 Å². The van der Waals surface area contributed by atoms with Crippen molar-refractivity contribution in [2.75, 3.05) is 0 Å². The number of hydrogen-bond acceptors (Lipinski definition) is 1. The summed E-state index contributed by atoms with van der Waals surface area (Å²) in [7, 11) is 0. The Morgan fingerprint density at radius 1 is 1.06 bits per heavy atom. The van der Waals surface area contributed by atoms with Crippen molar-refractivity contribution in [2.24, 2.45) is 0 Å². The molecule has 0 aliphatic carbocycles. The summed E-state index contributed by atoms with van der Waals surface area (Å²) in [6, 6.07) is 4.35. The highest BCUT2D eigenvalue weighted by atomic mass is 14.9. The van der Waals surface area contributed by atoms with E-state index < -0.39 is 0 Å². The minimum atomic E-state index is 1.17. The van der Waals surface area contributed by atoms with Crippen LogP contribution in [0.2, 0.25) is 0 Å². The molecular weight excluding hydrogens is 196 g/mol. The number of rotatable bonds is 6. The second-order valence-corrected chi connectivity index (χ2v) is 4.03. The molecule has 0 atom stereocenters. The van der Waals surface area contributed by atoms with Gasteiger partial charge in [-0.15, -0.1) is 0 Å². The van der Waals surface area contributed by atoms with Gasteiger partial charge in [-0.25, -0.2) is 4.57 Å². The molecule has 2 nitrogen and oxygen atoms in total. The van der Waals surface area contributed by atoms with Crippen molar-refractivity contribution in [2.45, 2.75) is 52.5 Å². The summed E-state index contributed by atoms with van der Waals surface area (Å²) in [6.07, 6.45) is 11.1. The van der Waals surface area contributed by atoms with E-state index in [2.05, 4.69) is 42.9 Å². The SMILES string of the molecule is CCCCCCC[n+]1ccc(C)cc1.[C-]#N. The molecule has 0 bridgehead atoms. The van der Waals surface area contributed by atoms with Gasteiger partial charge < -0.3 is 11.8 Å². The molecule has 1 aromatic rings. The molecule has 2 heteroatoms. The van der Waals surface area contributed by atoms with Crippen molar-refractivity contribution in [1.82, 2.24) is 0 Å². The Bertz CT molecular complexity index is 275. The fourth-order valence-electron chi connectivity index (χ4n) is 1.58. The van der Waals surface area contributed by atoms with E-state index in [0.29, 0.717) is 0 Å². The summed E-state index contributed by atoms with van der Waals surface area (Å²) >= 11 is 0. The number of nitrogens with zero attached hydrogens (tertiary/aromatic N) is 2. The number of aryl methyl sites for hydroxylation is 2. The van der Waals surface area contributed by atoms with Crippen LogP contribution in [0.4, 0.5) is 0 Å². The highest BCUT2D eigenvalue weighted by molar-refractivity contribution is 5.03. The van der Waals surface area contributed by atoms with E-state index in [4.69, 9.17) is 11.8 Å². The Kier molecular flexibility index (Phi) is 9.30. The van der Waals surface area contributed by atoms with Crippen molar-refractivity contribution in [3.8, 4) is 0 Å². The molecular formula is C14H22N2. The first-order valence-corrected chi connectivity index (χ1v) is 6.01. The van der Waals surface area contributed by atoms with Gasteiger partial charge in [0.2, 0.25) is 0 Å². The third-order valence-corrected chi connectivity index (χ3v) is 2.58. The molecule has 0 aliphatic heterocycles. The molecule has 1 rings (SSSR count). The molecule has 0 aromatic carbocycles. The number of unbranched alkanes of at least 4 members (excludes halogenated alkanes) is 4. The lowest BCUT2D eigenvalue weighted by molar-refractivity contribution is -0.697. The van der Waals surface area contributed by atoms with Gasteiger partial charge in [0.05, 0.1) is 0 Å². The third-order valence-electron chi connectivity index (χ3n) is 2.58. The molecule has 0 aliphatic rings. The van der Waals surface area contributed by atoms with Crippen LogP contribution < -0.4 is 4.57 Å². The van der Waals surface area contributed by atoms with Crippen molar-refractivity contribution < 1.29 is 4.57 Å². The van der Waals surface area contributed by atoms with Crippen LogP contribution in [0.1, 0.15) is 44.6 Å². The quantitative estimate of drug-likeness (QED) is 0.409. The Morgan fingerprint density at radius 2 is 1.62 bits per heavy atom. The van der Waals surface area contributed by atoms with Gasteiger partial charge in [-0.05, 0) is 18.9 Å². The monoisotopic (exact) mass is 218 g/mol. The van der Waals surface area contributed by atoms with Gasteiger partial charge in [0, 0.05) is 18.6 Å². The standard InChI is InChI=1S/C13H22N.CN/c1-3-4-5-6-7-10-14-11-8-13(2)9-12-14;1-2/h8-9,11-12H,3-7,10H2,1-2H3;/q+1;-1. The van der Waals surface area contributed by atoms with Gasteiger partial charge in [0.25, 0.3) is 0 Å². The van der Waals surface area contributed by atoms with Crippen LogP contribution in [-0.4, -0.2) is 0 Å². The van der Waals surface area contributed by atoms with Crippen LogP contribution in [0.3, 0.4) is 0 Å². The molecule has 1 aromatic heterocycles. The zero-order chi connectivity index (χ0) is 12.2. The summed E-state index contributed by atoms with van der Waals surface area (Å²) in [6.45, 7) is 10.3. The Morgan fingerprint density at radius 3 is 2.19 bits per heavy atom. The summed E-state index contributed by atoms with van der Waals surface area (Å²) in [5.74, 6) is 0. The van der Waals surface area contributed by atoms with Gasteiger partial charge >= 0.3 is 0 Å². The minimum absolute atomic E-state index is 1.17. The van der Waals surface area contributed by atoms with Gasteiger partial charge in [-0.2, -0.15) is 0 Å². The van der Waals surface area contributed by atoms with Gasteiger partial charge in [0.15, 0.2) is 12.4 Å². The number of pyridine rings is 1. The Balaban J connectivity index is 0.00000106. The summed E-state index contributed by atoms with van der Waals surface area (Å²) < 4.78 is 2.28.